The van der Waals surface area contributed by atoms with Crippen LogP contribution in [0.1, 0.15) is 24.2 Å². The van der Waals surface area contributed by atoms with Crippen molar-refractivity contribution in [3.05, 3.63) is 34.3 Å². The normalized spacial score (nSPS) is 11.7. The lowest BCUT2D eigenvalue weighted by Crippen LogP contribution is -2.33. The molecule has 1 aromatic heterocycles. The number of benzene rings is 1. The number of aromatic nitrogens is 1. The second-order valence-corrected chi connectivity index (χ2v) is 4.87. The van der Waals surface area contributed by atoms with Crippen molar-refractivity contribution in [1.29, 1.82) is 0 Å². The Morgan fingerprint density at radius 3 is 2.53 bits per heavy atom. The van der Waals surface area contributed by atoms with E-state index in [1.54, 1.807) is 0 Å². The lowest BCUT2D eigenvalue weighted by molar-refractivity contribution is -0.144. The van der Waals surface area contributed by atoms with Crippen molar-refractivity contribution in [2.24, 2.45) is 12.5 Å². The molecule has 0 amide bonds. The maximum Gasteiger partial charge on any atom is 0.419 e. The number of carbonyl (C=O) groups excluding carboxylic acids is 1. The van der Waals surface area contributed by atoms with Gasteiger partial charge in [-0.3, -0.25) is 14.2 Å². The molecule has 6 heteroatoms. The van der Waals surface area contributed by atoms with E-state index in [0.29, 0.717) is 11.1 Å². The van der Waals surface area contributed by atoms with Crippen LogP contribution in [-0.2, 0) is 11.8 Å². The van der Waals surface area contributed by atoms with Crippen LogP contribution in [0.25, 0.3) is 11.1 Å². The number of fused-ring (bicyclic) bond motifs is 1. The van der Waals surface area contributed by atoms with Gasteiger partial charge in [-0.05, 0) is 32.0 Å². The highest BCUT2D eigenvalue weighted by molar-refractivity contribution is 6.12. The number of nitrogens with zero attached hydrogens (tertiary/aromatic N) is 1. The van der Waals surface area contributed by atoms with Crippen molar-refractivity contribution < 1.29 is 19.1 Å². The molecule has 0 aliphatic carbocycles. The highest BCUT2D eigenvalue weighted by atomic mass is 16.4. The van der Waals surface area contributed by atoms with E-state index in [2.05, 4.69) is 0 Å². The molecule has 1 N–H and O–H groups in total. The molecule has 0 saturated heterocycles. The largest absolute Gasteiger partial charge is 0.481 e. The fourth-order valence-electron chi connectivity index (χ4n) is 1.73. The summed E-state index contributed by atoms with van der Waals surface area (Å²) in [5.74, 6) is -2.24. The van der Waals surface area contributed by atoms with E-state index < -0.39 is 22.9 Å². The summed E-state index contributed by atoms with van der Waals surface area (Å²) in [4.78, 5) is 34.6. The Morgan fingerprint density at radius 2 is 1.95 bits per heavy atom. The summed E-state index contributed by atoms with van der Waals surface area (Å²) in [6.45, 7) is 2.69. The van der Waals surface area contributed by atoms with Gasteiger partial charge in [0.1, 0.15) is 5.41 Å². The number of Topliss-reactive ketones (excluding diaryl/α,β-unsaturated/α-hetero) is 1. The molecule has 19 heavy (non-hydrogen) atoms. The van der Waals surface area contributed by atoms with E-state index in [1.807, 2.05) is 0 Å². The standard InChI is InChI=1S/C13H13NO5/c1-13(2,11(16)17)10(15)7-4-5-9-8(6-7)14(3)12(18)19-9/h4-6H,1-3H3,(H,16,17). The fraction of sp³-hybridized carbons (Fsp3) is 0.308. The van der Waals surface area contributed by atoms with Gasteiger partial charge in [0.25, 0.3) is 0 Å². The first-order chi connectivity index (χ1) is 8.75. The van der Waals surface area contributed by atoms with Gasteiger partial charge in [0, 0.05) is 12.6 Å². The minimum Gasteiger partial charge on any atom is -0.481 e. The summed E-state index contributed by atoms with van der Waals surface area (Å²) in [5.41, 5.74) is -0.471. The number of carbonyl (C=O) groups is 2. The minimum atomic E-state index is -1.52. The zero-order chi connectivity index (χ0) is 14.4. The Labute approximate surface area is 108 Å². The van der Waals surface area contributed by atoms with Crippen LogP contribution in [0.3, 0.4) is 0 Å². The van der Waals surface area contributed by atoms with E-state index in [9.17, 15) is 14.4 Å². The van der Waals surface area contributed by atoms with Gasteiger partial charge in [-0.15, -0.1) is 0 Å². The number of hydrogen-bond donors (Lipinski definition) is 1. The van der Waals surface area contributed by atoms with Gasteiger partial charge in [0.2, 0.25) is 0 Å². The molecule has 0 spiro atoms. The van der Waals surface area contributed by atoms with Gasteiger partial charge in [-0.1, -0.05) is 0 Å². The third-order valence-electron chi connectivity index (χ3n) is 3.16. The first-order valence-electron chi connectivity index (χ1n) is 5.63. The molecular formula is C13H13NO5. The van der Waals surface area contributed by atoms with Gasteiger partial charge in [0.15, 0.2) is 11.4 Å². The van der Waals surface area contributed by atoms with Crippen LogP contribution in [0.4, 0.5) is 0 Å². The molecule has 1 heterocycles. The molecule has 0 aliphatic rings. The highest BCUT2D eigenvalue weighted by Gasteiger charge is 2.36. The van der Waals surface area contributed by atoms with Gasteiger partial charge in [-0.25, -0.2) is 4.79 Å². The maximum absolute atomic E-state index is 12.2. The number of carboxylic acid groups (broad SMARTS) is 1. The Morgan fingerprint density at radius 1 is 1.32 bits per heavy atom. The lowest BCUT2D eigenvalue weighted by Gasteiger charge is -2.17. The van der Waals surface area contributed by atoms with Gasteiger partial charge in [0.05, 0.1) is 5.52 Å². The van der Waals surface area contributed by atoms with Crippen LogP contribution < -0.4 is 5.76 Å². The van der Waals surface area contributed by atoms with E-state index in [1.165, 1.54) is 43.7 Å². The van der Waals surface area contributed by atoms with Crippen LogP contribution in [0.5, 0.6) is 0 Å². The minimum absolute atomic E-state index is 0.233. The average molecular weight is 263 g/mol. The molecule has 0 aliphatic heterocycles. The Bertz CT molecular complexity index is 735. The molecule has 2 aromatic rings. The van der Waals surface area contributed by atoms with Crippen molar-refractivity contribution >= 4 is 22.9 Å². The van der Waals surface area contributed by atoms with Crippen molar-refractivity contribution in [3.8, 4) is 0 Å². The zero-order valence-corrected chi connectivity index (χ0v) is 10.8. The second-order valence-electron chi connectivity index (χ2n) is 4.87. The molecule has 0 radical (unpaired) electrons. The Balaban J connectivity index is 2.58. The van der Waals surface area contributed by atoms with E-state index in [4.69, 9.17) is 9.52 Å². The number of oxazole rings is 1. The number of carboxylic acids is 1. The summed E-state index contributed by atoms with van der Waals surface area (Å²) < 4.78 is 6.21. The van der Waals surface area contributed by atoms with E-state index >= 15 is 0 Å². The summed E-state index contributed by atoms with van der Waals surface area (Å²) >= 11 is 0. The maximum atomic E-state index is 12.2. The van der Waals surface area contributed by atoms with Crippen LogP contribution in [0.2, 0.25) is 0 Å². The average Bonchev–Trinajstić information content (AvgIpc) is 2.63. The van der Waals surface area contributed by atoms with Crippen LogP contribution in [0, 0.1) is 5.41 Å². The van der Waals surface area contributed by atoms with Crippen LogP contribution >= 0.6 is 0 Å². The summed E-state index contributed by atoms with van der Waals surface area (Å²) in [5, 5.41) is 9.05. The Hall–Kier alpha value is -2.37. The first kappa shape index (κ1) is 13.1. The predicted molar refractivity (Wildman–Crippen MR) is 67.2 cm³/mol. The molecule has 0 fully saturated rings. The van der Waals surface area contributed by atoms with Gasteiger partial charge < -0.3 is 9.52 Å². The SMILES string of the molecule is Cn1c(=O)oc2ccc(C(=O)C(C)(C)C(=O)O)cc21. The van der Waals surface area contributed by atoms with Crippen molar-refractivity contribution in [2.45, 2.75) is 13.8 Å². The highest BCUT2D eigenvalue weighted by Crippen LogP contribution is 2.24. The smallest absolute Gasteiger partial charge is 0.419 e. The monoisotopic (exact) mass is 263 g/mol. The number of hydrogen-bond acceptors (Lipinski definition) is 4. The predicted octanol–water partition coefficient (Wildman–Crippen LogP) is 1.43. The molecular weight excluding hydrogens is 250 g/mol. The van der Waals surface area contributed by atoms with Crippen molar-refractivity contribution in [2.75, 3.05) is 0 Å². The molecule has 0 unspecified atom stereocenters. The number of aliphatic carboxylic acids is 1. The van der Waals surface area contributed by atoms with Gasteiger partial charge >= 0.3 is 11.7 Å². The summed E-state index contributed by atoms with van der Waals surface area (Å²) in [6.07, 6.45) is 0. The quantitative estimate of drug-likeness (QED) is 0.668. The molecule has 0 bridgehead atoms. The summed E-state index contributed by atoms with van der Waals surface area (Å²) in [7, 11) is 1.52. The number of rotatable bonds is 3. The molecule has 0 atom stereocenters. The van der Waals surface area contributed by atoms with Crippen molar-refractivity contribution in [3.63, 3.8) is 0 Å². The van der Waals surface area contributed by atoms with Crippen LogP contribution in [-0.4, -0.2) is 21.4 Å². The summed E-state index contributed by atoms with van der Waals surface area (Å²) in [6, 6.07) is 4.41. The van der Waals surface area contributed by atoms with Crippen molar-refractivity contribution in [1.82, 2.24) is 4.57 Å². The second kappa shape index (κ2) is 4.08. The number of aryl methyl sites for hydroxylation is 1. The fourth-order valence-corrected chi connectivity index (χ4v) is 1.73. The molecule has 0 saturated carbocycles. The Kier molecular flexibility index (Phi) is 2.81. The lowest BCUT2D eigenvalue weighted by atomic mass is 9.84. The molecule has 2 rings (SSSR count). The molecule has 6 nitrogen and oxygen atoms in total. The van der Waals surface area contributed by atoms with Gasteiger partial charge in [-0.2, -0.15) is 0 Å². The first-order valence-corrected chi connectivity index (χ1v) is 5.63. The van der Waals surface area contributed by atoms with Crippen LogP contribution in [0.15, 0.2) is 27.4 Å². The molecule has 100 valence electrons. The number of ketones is 1. The topological polar surface area (TPSA) is 89.5 Å². The third-order valence-corrected chi connectivity index (χ3v) is 3.16. The zero-order valence-electron chi connectivity index (χ0n) is 10.8. The molecule has 1 aromatic carbocycles. The van der Waals surface area contributed by atoms with E-state index in [0.717, 1.165) is 0 Å². The third kappa shape index (κ3) is 1.95. The van der Waals surface area contributed by atoms with E-state index in [-0.39, 0.29) is 5.56 Å².